The first kappa shape index (κ1) is 12.7. The Morgan fingerprint density at radius 2 is 1.89 bits per heavy atom. The molecule has 2 aromatic rings. The predicted molar refractivity (Wildman–Crippen MR) is 73.2 cm³/mol. The van der Waals surface area contributed by atoms with Crippen LogP contribution in [0.3, 0.4) is 0 Å². The van der Waals surface area contributed by atoms with Gasteiger partial charge in [-0.25, -0.2) is 9.36 Å². The molecule has 0 atom stereocenters. The van der Waals surface area contributed by atoms with Crippen molar-refractivity contribution in [3.63, 3.8) is 0 Å². The van der Waals surface area contributed by atoms with Gasteiger partial charge in [-0.2, -0.15) is 0 Å². The predicted octanol–water partition coefficient (Wildman–Crippen LogP) is 0.158. The lowest BCUT2D eigenvalue weighted by molar-refractivity contribution is 0.414. The Morgan fingerprint density at radius 3 is 2.42 bits per heavy atom. The number of anilines is 2. The second-order valence-corrected chi connectivity index (χ2v) is 3.80. The van der Waals surface area contributed by atoms with Gasteiger partial charge in [-0.1, -0.05) is 0 Å². The van der Waals surface area contributed by atoms with Gasteiger partial charge in [0, 0.05) is 7.05 Å². The molecule has 0 radical (unpaired) electrons. The molecule has 1 aromatic carbocycles. The van der Waals surface area contributed by atoms with E-state index in [0.29, 0.717) is 11.4 Å². The topological polar surface area (TPSA) is 102 Å². The zero-order valence-corrected chi connectivity index (χ0v) is 10.6. The van der Waals surface area contributed by atoms with Crippen molar-refractivity contribution >= 4 is 11.5 Å². The van der Waals surface area contributed by atoms with E-state index in [-0.39, 0.29) is 11.5 Å². The molecule has 1 aromatic heterocycles. The third-order valence-electron chi connectivity index (χ3n) is 2.73. The van der Waals surface area contributed by atoms with Crippen molar-refractivity contribution in [3.8, 4) is 11.4 Å². The number of aromatic nitrogens is 2. The number of aromatic amines is 1. The van der Waals surface area contributed by atoms with E-state index in [1.165, 1.54) is 4.57 Å². The zero-order valence-electron chi connectivity index (χ0n) is 10.6. The van der Waals surface area contributed by atoms with Crippen LogP contribution in [0.5, 0.6) is 5.75 Å². The SMILES string of the molecule is CNc1c(N)n(-c2ccc(OC)cc2)c(=O)[nH]c1=O. The Bertz CT molecular complexity index is 700. The molecule has 0 bridgehead atoms. The molecule has 7 nitrogen and oxygen atoms in total. The van der Waals surface area contributed by atoms with E-state index >= 15 is 0 Å². The fourth-order valence-corrected chi connectivity index (χ4v) is 1.78. The molecule has 0 amide bonds. The summed E-state index contributed by atoms with van der Waals surface area (Å²) in [5.74, 6) is 0.718. The van der Waals surface area contributed by atoms with Gasteiger partial charge in [0.05, 0.1) is 12.8 Å². The number of nitrogen functional groups attached to an aromatic ring is 1. The van der Waals surface area contributed by atoms with E-state index in [0.717, 1.165) is 0 Å². The number of nitrogens with one attached hydrogen (secondary N) is 2. The second kappa shape index (κ2) is 4.89. The standard InChI is InChI=1S/C12H14N4O3/c1-14-9-10(13)16(12(18)15-11(9)17)7-3-5-8(19-2)6-4-7/h3-6,14H,13H2,1-2H3,(H,15,17,18). The average molecular weight is 262 g/mol. The minimum absolute atomic E-state index is 0.0569. The number of nitrogens with two attached hydrogens (primary N) is 1. The zero-order chi connectivity index (χ0) is 14.0. The first-order chi connectivity index (χ1) is 9.08. The molecular formula is C12H14N4O3. The van der Waals surface area contributed by atoms with E-state index < -0.39 is 11.2 Å². The van der Waals surface area contributed by atoms with Gasteiger partial charge in [0.15, 0.2) is 0 Å². The van der Waals surface area contributed by atoms with Crippen LogP contribution in [-0.4, -0.2) is 23.7 Å². The lowest BCUT2D eigenvalue weighted by Gasteiger charge is -2.12. The van der Waals surface area contributed by atoms with Crippen molar-refractivity contribution in [2.24, 2.45) is 0 Å². The van der Waals surface area contributed by atoms with Gasteiger partial charge >= 0.3 is 5.69 Å². The van der Waals surface area contributed by atoms with E-state index in [1.807, 2.05) is 0 Å². The quantitative estimate of drug-likeness (QED) is 0.731. The average Bonchev–Trinajstić information content (AvgIpc) is 2.39. The summed E-state index contributed by atoms with van der Waals surface area (Å²) < 4.78 is 6.26. The van der Waals surface area contributed by atoms with Crippen molar-refractivity contribution in [2.45, 2.75) is 0 Å². The summed E-state index contributed by atoms with van der Waals surface area (Å²) in [5, 5.41) is 2.67. The van der Waals surface area contributed by atoms with E-state index in [1.54, 1.807) is 38.4 Å². The fourth-order valence-electron chi connectivity index (χ4n) is 1.78. The highest BCUT2D eigenvalue weighted by Gasteiger charge is 2.12. The van der Waals surface area contributed by atoms with Gasteiger partial charge in [-0.15, -0.1) is 0 Å². The van der Waals surface area contributed by atoms with Crippen molar-refractivity contribution in [1.82, 2.24) is 9.55 Å². The number of hydrogen-bond acceptors (Lipinski definition) is 5. The van der Waals surface area contributed by atoms with Crippen LogP contribution in [-0.2, 0) is 0 Å². The van der Waals surface area contributed by atoms with Crippen LogP contribution >= 0.6 is 0 Å². The molecular weight excluding hydrogens is 248 g/mol. The summed E-state index contributed by atoms with van der Waals surface area (Å²) >= 11 is 0. The Morgan fingerprint density at radius 1 is 1.26 bits per heavy atom. The smallest absolute Gasteiger partial charge is 0.334 e. The minimum atomic E-state index is -0.591. The van der Waals surface area contributed by atoms with Crippen LogP contribution in [0.15, 0.2) is 33.9 Å². The van der Waals surface area contributed by atoms with Gasteiger partial charge in [-0.3, -0.25) is 9.78 Å². The highest BCUT2D eigenvalue weighted by atomic mass is 16.5. The number of benzene rings is 1. The Kier molecular flexibility index (Phi) is 3.28. The first-order valence-electron chi connectivity index (χ1n) is 5.55. The fraction of sp³-hybridized carbons (Fsp3) is 0.167. The van der Waals surface area contributed by atoms with Crippen LogP contribution < -0.4 is 27.0 Å². The molecule has 4 N–H and O–H groups in total. The molecule has 0 fully saturated rings. The van der Waals surface area contributed by atoms with Gasteiger partial charge in [0.25, 0.3) is 5.56 Å². The van der Waals surface area contributed by atoms with Crippen LogP contribution in [0.4, 0.5) is 11.5 Å². The molecule has 0 aliphatic heterocycles. The normalized spacial score (nSPS) is 10.2. The number of methoxy groups -OCH3 is 1. The van der Waals surface area contributed by atoms with Crippen molar-refractivity contribution in [1.29, 1.82) is 0 Å². The summed E-state index contributed by atoms with van der Waals surface area (Å²) in [4.78, 5) is 25.6. The number of nitrogens with zero attached hydrogens (tertiary/aromatic N) is 1. The molecule has 0 saturated heterocycles. The van der Waals surface area contributed by atoms with Gasteiger partial charge < -0.3 is 15.8 Å². The van der Waals surface area contributed by atoms with Gasteiger partial charge in [-0.05, 0) is 24.3 Å². The molecule has 0 unspecified atom stereocenters. The number of rotatable bonds is 3. The van der Waals surface area contributed by atoms with Gasteiger partial charge in [0.2, 0.25) is 0 Å². The molecule has 100 valence electrons. The molecule has 0 aliphatic rings. The van der Waals surface area contributed by atoms with Crippen molar-refractivity contribution in [3.05, 3.63) is 45.1 Å². The lowest BCUT2D eigenvalue weighted by atomic mass is 10.3. The Hall–Kier alpha value is -2.70. The minimum Gasteiger partial charge on any atom is -0.497 e. The Labute approximate surface area is 108 Å². The van der Waals surface area contributed by atoms with Crippen molar-refractivity contribution < 1.29 is 4.74 Å². The number of ether oxygens (including phenoxy) is 1. The molecule has 0 spiro atoms. The molecule has 7 heteroatoms. The molecule has 2 rings (SSSR count). The number of H-pyrrole nitrogens is 1. The Balaban J connectivity index is 2.67. The van der Waals surface area contributed by atoms with E-state index in [4.69, 9.17) is 10.5 Å². The lowest BCUT2D eigenvalue weighted by Crippen LogP contribution is -2.32. The largest absolute Gasteiger partial charge is 0.497 e. The summed E-state index contributed by atoms with van der Waals surface area (Å²) in [6.07, 6.45) is 0. The maximum Gasteiger partial charge on any atom is 0.334 e. The van der Waals surface area contributed by atoms with Crippen LogP contribution in [0.25, 0.3) is 5.69 Å². The van der Waals surface area contributed by atoms with E-state index in [2.05, 4.69) is 10.3 Å². The highest BCUT2D eigenvalue weighted by Crippen LogP contribution is 2.18. The number of hydrogen-bond donors (Lipinski definition) is 3. The van der Waals surface area contributed by atoms with Crippen LogP contribution in [0.2, 0.25) is 0 Å². The van der Waals surface area contributed by atoms with Gasteiger partial charge in [0.1, 0.15) is 17.3 Å². The summed E-state index contributed by atoms with van der Waals surface area (Å²) in [7, 11) is 3.11. The molecule has 1 heterocycles. The van der Waals surface area contributed by atoms with Crippen LogP contribution in [0, 0.1) is 0 Å². The van der Waals surface area contributed by atoms with Crippen molar-refractivity contribution in [2.75, 3.05) is 25.2 Å². The highest BCUT2D eigenvalue weighted by molar-refractivity contribution is 5.63. The summed E-state index contributed by atoms with van der Waals surface area (Å²) in [6, 6.07) is 6.75. The first-order valence-corrected chi connectivity index (χ1v) is 5.55. The summed E-state index contributed by atoms with van der Waals surface area (Å²) in [5.41, 5.74) is 5.40. The third kappa shape index (κ3) is 2.17. The maximum atomic E-state index is 11.9. The molecule has 0 saturated carbocycles. The third-order valence-corrected chi connectivity index (χ3v) is 2.73. The van der Waals surface area contributed by atoms with Crippen LogP contribution in [0.1, 0.15) is 0 Å². The molecule has 19 heavy (non-hydrogen) atoms. The molecule has 0 aliphatic carbocycles. The monoisotopic (exact) mass is 262 g/mol. The van der Waals surface area contributed by atoms with E-state index in [9.17, 15) is 9.59 Å². The maximum absolute atomic E-state index is 11.9. The summed E-state index contributed by atoms with van der Waals surface area (Å²) in [6.45, 7) is 0. The second-order valence-electron chi connectivity index (χ2n) is 3.80.